The fourth-order valence-electron chi connectivity index (χ4n) is 6.91. The van der Waals surface area contributed by atoms with Crippen LogP contribution in [0.15, 0.2) is 46.5 Å². The van der Waals surface area contributed by atoms with Crippen LogP contribution in [0.25, 0.3) is 21.8 Å². The molecule has 4 aromatic rings. The first-order valence-electron chi connectivity index (χ1n) is 16.4. The van der Waals surface area contributed by atoms with E-state index in [1.165, 1.54) is 21.8 Å². The number of fused-ring (bicyclic) bond motifs is 3. The van der Waals surface area contributed by atoms with E-state index in [4.69, 9.17) is 4.74 Å². The molecule has 3 aliphatic heterocycles. The minimum atomic E-state index is -1.32. The molecule has 291 valence electrons. The van der Waals surface area contributed by atoms with E-state index in [-0.39, 0.29) is 169 Å². The molecule has 0 saturated carbocycles. The van der Waals surface area contributed by atoms with Crippen molar-refractivity contribution in [2.24, 2.45) is 0 Å². The first-order chi connectivity index (χ1) is 23.5. The van der Waals surface area contributed by atoms with Crippen LogP contribution in [0.2, 0.25) is 0 Å². The third-order valence-electron chi connectivity index (χ3n) is 9.45. The minimum absolute atomic E-state index is 0. The third-order valence-corrected chi connectivity index (χ3v) is 9.45. The predicted molar refractivity (Wildman–Crippen MR) is 225 cm³/mol. The van der Waals surface area contributed by atoms with Crippen LogP contribution in [-0.2, 0) is 105 Å². The van der Waals surface area contributed by atoms with Gasteiger partial charge in [0.05, 0.1) is 38.0 Å². The van der Waals surface area contributed by atoms with Crippen molar-refractivity contribution in [3.8, 4) is 0 Å². The zero-order chi connectivity index (χ0) is 35.3. The summed E-state index contributed by atoms with van der Waals surface area (Å²) in [7, 11) is 2.06. The molecule has 2 aromatic heterocycles. The summed E-state index contributed by atoms with van der Waals surface area (Å²) in [5.41, 5.74) is 2.71. The molecule has 3 fully saturated rings. The second-order valence-electron chi connectivity index (χ2n) is 13.2. The second-order valence-corrected chi connectivity index (χ2v) is 13.2. The molecular weight excluding hydrogens is 1230 g/mol. The first kappa shape index (κ1) is 55.1. The Bertz CT molecular complexity index is 1930. The van der Waals surface area contributed by atoms with Gasteiger partial charge in [-0.1, -0.05) is 13.8 Å². The van der Waals surface area contributed by atoms with E-state index in [0.29, 0.717) is 34.6 Å². The Labute approximate surface area is 418 Å². The number of hydrogen-bond acceptors (Lipinski definition) is 10. The fraction of sp³-hybridized carbons (Fsp3) is 0.514. The van der Waals surface area contributed by atoms with Crippen molar-refractivity contribution in [2.45, 2.75) is 95.5 Å². The van der Waals surface area contributed by atoms with Gasteiger partial charge in [-0.2, -0.15) is 35.4 Å². The molecule has 54 heavy (non-hydrogen) atoms. The van der Waals surface area contributed by atoms with Crippen LogP contribution in [0.1, 0.15) is 49.7 Å². The maximum Gasteiger partial charge on any atom is 0.205 e. The molecule has 3 N–H and O–H groups in total. The molecule has 7 rings (SSSR count). The van der Waals surface area contributed by atoms with E-state index >= 15 is 0 Å². The van der Waals surface area contributed by atoms with Gasteiger partial charge in [-0.05, 0) is 67.6 Å². The Kier molecular flexibility index (Phi) is 26.2. The number of ether oxygens (including phenoxy) is 1. The van der Waals surface area contributed by atoms with Gasteiger partial charge in [0.2, 0.25) is 11.1 Å². The normalized spacial score (nSPS) is 22.9. The van der Waals surface area contributed by atoms with Crippen molar-refractivity contribution < 1.29 is 102 Å². The smallest absolute Gasteiger partial charge is 0.205 e. The van der Waals surface area contributed by atoms with Gasteiger partial charge in [0.1, 0.15) is 0 Å². The number of aliphatic hydroxyl groups excluding tert-OH is 1. The average Bonchev–Trinajstić information content (AvgIpc) is 3.43. The number of carbonyl (C=O) groups is 1. The van der Waals surface area contributed by atoms with E-state index in [9.17, 15) is 24.6 Å². The van der Waals surface area contributed by atoms with Gasteiger partial charge in [0, 0.05) is 152 Å². The Morgan fingerprint density at radius 3 is 2.11 bits per heavy atom. The van der Waals surface area contributed by atoms with Crippen LogP contribution >= 0.6 is 61.2 Å². The molecule has 5 atom stereocenters. The van der Waals surface area contributed by atoms with Crippen molar-refractivity contribution >= 4 is 97.2 Å². The molecule has 5 heterocycles. The fourth-order valence-corrected chi connectivity index (χ4v) is 6.91. The number of ketones is 1. The van der Waals surface area contributed by atoms with Gasteiger partial charge < -0.3 is 34.3 Å². The SMILES string of the molecule is Cc1[c-]cc2c(=O)n(CC(=O)C[C@H]3NCCC[C@@H]3O)cnc2c1.Cc1[c-]cc2c(=O)n(CC3(O)C[C@@H]4[C@H](CCCN4C)O3)cnc2c1.I.II.[B].[Ni].[Y].[Y]. The standard InChI is InChI=1S/C18H22N3O3.C17H20N3O3.B.I2.HI.Ni.2Y/c1-12-5-6-13-14(8-12)19-11-21(17(13)22)10-18(23)9-15-16(24-18)4-3-7-20(15)2;1-11-4-5-13-14(7-11)19-10-20(17(13)23)9-12(21)8-15-16(22)3-2-6-18-15;;1-2;;;;/h6,8,11,15-16,23H,3-4,7,9-10H2,1-2H3;5,7,10,15-16,18,22H,2-3,6,8-9H2,1H3;;;1H;;;/q2*-1;;;;;;/t15-,16+,18?;15-,16+;;;;;;/m11....../s1. The first-order valence-corrected chi connectivity index (χ1v) is 22.7. The van der Waals surface area contributed by atoms with Crippen LogP contribution in [0.3, 0.4) is 0 Å². The number of hydrogen-bond donors (Lipinski definition) is 3. The molecule has 0 bridgehead atoms. The zero-order valence-corrected chi connectivity index (χ0v) is 43.6. The van der Waals surface area contributed by atoms with Gasteiger partial charge in [-0.15, -0.1) is 36.1 Å². The number of nitrogens with zero attached hydrogens (tertiary/aromatic N) is 5. The van der Waals surface area contributed by atoms with Crippen molar-refractivity contribution in [3.05, 3.63) is 80.9 Å². The second kappa shape index (κ2) is 25.7. The number of aliphatic hydroxyl groups is 2. The summed E-state index contributed by atoms with van der Waals surface area (Å²) in [6, 6.07) is 12.9. The van der Waals surface area contributed by atoms with Crippen molar-refractivity contribution in [3.63, 3.8) is 0 Å². The van der Waals surface area contributed by atoms with E-state index < -0.39 is 11.9 Å². The van der Waals surface area contributed by atoms with Crippen LogP contribution in [0.5, 0.6) is 0 Å². The van der Waals surface area contributed by atoms with E-state index in [0.717, 1.165) is 43.5 Å². The Morgan fingerprint density at radius 1 is 1.00 bits per heavy atom. The number of Topliss-reactive ketones (excluding diaryl/α,β-unsaturated/α-hetero) is 1. The summed E-state index contributed by atoms with van der Waals surface area (Å²) in [5, 5.41) is 24.9. The summed E-state index contributed by atoms with van der Waals surface area (Å²) in [6.45, 7) is 5.71. The monoisotopic (exact) mass is 1270 g/mol. The molecule has 12 nitrogen and oxygen atoms in total. The predicted octanol–water partition coefficient (Wildman–Crippen LogP) is 3.66. The van der Waals surface area contributed by atoms with Gasteiger partial charge >= 0.3 is 0 Å². The number of aryl methyl sites for hydroxylation is 2. The molecule has 5 radical (unpaired) electrons. The summed E-state index contributed by atoms with van der Waals surface area (Å²) in [6.07, 6.45) is 6.81. The summed E-state index contributed by atoms with van der Waals surface area (Å²) in [5.74, 6) is -1.41. The van der Waals surface area contributed by atoms with Crippen molar-refractivity contribution in [1.82, 2.24) is 29.3 Å². The van der Waals surface area contributed by atoms with Crippen molar-refractivity contribution in [2.75, 3.05) is 20.1 Å². The van der Waals surface area contributed by atoms with Gasteiger partial charge in [0.15, 0.2) is 11.6 Å². The molecular formula is C35H43BI3N6NiO6Y2-2. The van der Waals surface area contributed by atoms with Crippen LogP contribution < -0.4 is 16.4 Å². The Balaban J connectivity index is 0.000000915. The molecule has 0 amide bonds. The molecule has 3 aliphatic rings. The Morgan fingerprint density at radius 2 is 1.56 bits per heavy atom. The topological polar surface area (TPSA) is 152 Å². The number of halogens is 3. The number of likely N-dealkylation sites (N-methyl/N-ethyl adjacent to an activating group) is 1. The van der Waals surface area contributed by atoms with Gasteiger partial charge in [-0.3, -0.25) is 24.4 Å². The minimum Gasteiger partial charge on any atom is -0.391 e. The number of aromatic nitrogens is 4. The maximum atomic E-state index is 12.7. The number of nitrogens with one attached hydrogen (secondary N) is 1. The zero-order valence-electron chi connectivity index (χ0n) is 30.3. The van der Waals surface area contributed by atoms with Crippen LogP contribution in [0, 0.1) is 26.0 Å². The van der Waals surface area contributed by atoms with E-state index in [1.54, 1.807) is 18.2 Å². The van der Waals surface area contributed by atoms with Crippen molar-refractivity contribution in [1.29, 1.82) is 0 Å². The van der Waals surface area contributed by atoms with E-state index in [1.807, 2.05) is 19.9 Å². The molecule has 0 aliphatic carbocycles. The van der Waals surface area contributed by atoms with Gasteiger partial charge in [-0.25, -0.2) is 0 Å². The van der Waals surface area contributed by atoms with Gasteiger partial charge in [0.25, 0.3) is 0 Å². The molecule has 19 heteroatoms. The third kappa shape index (κ3) is 14.1. The maximum absolute atomic E-state index is 12.7. The molecule has 0 spiro atoms. The quantitative estimate of drug-likeness (QED) is 0.148. The summed E-state index contributed by atoms with van der Waals surface area (Å²) < 4.78 is 8.70. The largest absolute Gasteiger partial charge is 0.391 e. The number of benzene rings is 2. The number of likely N-dealkylation sites (tertiary alicyclic amines) is 1. The number of rotatable bonds is 6. The molecule has 2 aromatic carbocycles. The number of carbonyl (C=O) groups excluding carboxylic acids is 1. The molecule has 1 unspecified atom stereocenters. The average molecular weight is 1270 g/mol. The Hall–Kier alpha value is 1.15. The number of piperidine rings is 2. The van der Waals surface area contributed by atoms with Crippen LogP contribution in [-0.4, -0.2) is 98.6 Å². The summed E-state index contributed by atoms with van der Waals surface area (Å²) >= 11 is 4.24. The molecule has 3 saturated heterocycles. The van der Waals surface area contributed by atoms with E-state index in [2.05, 4.69) is 76.6 Å². The summed E-state index contributed by atoms with van der Waals surface area (Å²) in [4.78, 5) is 48.1. The van der Waals surface area contributed by atoms with Crippen LogP contribution in [0.4, 0.5) is 0 Å².